The van der Waals surface area contributed by atoms with E-state index in [4.69, 9.17) is 10.5 Å². The molecule has 1 unspecified atom stereocenters. The van der Waals surface area contributed by atoms with Crippen LogP contribution in [-0.4, -0.2) is 39.4 Å². The number of nitrogens with one attached hydrogen (secondary N) is 1. The van der Waals surface area contributed by atoms with Crippen LogP contribution in [0.15, 0.2) is 30.5 Å². The van der Waals surface area contributed by atoms with Crippen molar-refractivity contribution in [1.82, 2.24) is 10.3 Å². The van der Waals surface area contributed by atoms with Gasteiger partial charge < -0.3 is 10.4 Å². The Morgan fingerprint density at radius 2 is 2.00 bits per heavy atom. The molecule has 2 amide bonds. The van der Waals surface area contributed by atoms with Crippen molar-refractivity contribution in [2.24, 2.45) is 5.92 Å². The molecule has 164 valence electrons. The lowest BCUT2D eigenvalue weighted by Gasteiger charge is -2.26. The molecule has 1 aliphatic heterocycles. The Kier molecular flexibility index (Phi) is 7.03. The minimum absolute atomic E-state index is 0.0321. The van der Waals surface area contributed by atoms with Crippen LogP contribution in [0.1, 0.15) is 36.0 Å². The monoisotopic (exact) mass is 433 g/mol. The summed E-state index contributed by atoms with van der Waals surface area (Å²) in [5.41, 5.74) is 1.02. The Hall–Kier alpha value is -3.24. The van der Waals surface area contributed by atoms with Gasteiger partial charge in [-0.25, -0.2) is 13.8 Å². The number of nitrogens with two attached hydrogens (primary N) is 1. The number of amides is 2. The van der Waals surface area contributed by atoms with Crippen molar-refractivity contribution < 1.29 is 34.1 Å². The zero-order valence-corrected chi connectivity index (χ0v) is 16.6. The van der Waals surface area contributed by atoms with E-state index in [2.05, 4.69) is 10.3 Å². The Morgan fingerprint density at radius 1 is 1.23 bits per heavy atom. The van der Waals surface area contributed by atoms with Gasteiger partial charge in [-0.2, -0.15) is 5.06 Å². The van der Waals surface area contributed by atoms with Crippen LogP contribution < -0.4 is 15.8 Å². The fourth-order valence-electron chi connectivity index (χ4n) is 3.35. The summed E-state index contributed by atoms with van der Waals surface area (Å²) in [7, 11) is 0. The lowest BCUT2D eigenvalue weighted by molar-refractivity contribution is -0.142. The van der Waals surface area contributed by atoms with Crippen LogP contribution in [0.5, 0.6) is 0 Å². The highest BCUT2D eigenvalue weighted by molar-refractivity contribution is 6.30. The minimum Gasteiger partial charge on any atom is -0.396 e. The first-order valence-electron chi connectivity index (χ1n) is 9.80. The molecule has 0 aliphatic carbocycles. The Morgan fingerprint density at radius 3 is 2.71 bits per heavy atom. The van der Waals surface area contributed by atoms with Gasteiger partial charge in [0.05, 0.1) is 5.56 Å². The van der Waals surface area contributed by atoms with E-state index in [-0.39, 0.29) is 40.9 Å². The molecule has 0 saturated heterocycles. The second-order valence-corrected chi connectivity index (χ2v) is 7.24. The lowest BCUT2D eigenvalue weighted by atomic mass is 9.90. The molecule has 31 heavy (non-hydrogen) atoms. The van der Waals surface area contributed by atoms with Gasteiger partial charge in [-0.3, -0.25) is 20.2 Å². The molecule has 0 spiro atoms. The number of aryl methyl sites for hydroxylation is 1. The largest absolute Gasteiger partial charge is 0.396 e. The third-order valence-electron chi connectivity index (χ3n) is 5.06. The van der Waals surface area contributed by atoms with Gasteiger partial charge in [0.2, 0.25) is 17.5 Å². The van der Waals surface area contributed by atoms with Gasteiger partial charge in [-0.1, -0.05) is 12.5 Å². The fraction of sp³-hybridized carbons (Fsp3) is 0.333. The highest BCUT2D eigenvalue weighted by atomic mass is 19.1. The van der Waals surface area contributed by atoms with Crippen molar-refractivity contribution in [3.8, 4) is 0 Å². The van der Waals surface area contributed by atoms with Gasteiger partial charge in [0, 0.05) is 31.0 Å². The molecule has 1 atom stereocenters. The number of nitrogens with zero attached hydrogens (tertiary/aromatic N) is 2. The van der Waals surface area contributed by atoms with Gasteiger partial charge in [-0.05, 0) is 37.0 Å². The van der Waals surface area contributed by atoms with Crippen LogP contribution in [-0.2, 0) is 22.6 Å². The zero-order valence-electron chi connectivity index (χ0n) is 16.6. The molecular formula is C21H23F2N4O4+. The number of pyridine rings is 1. The lowest BCUT2D eigenvalue weighted by Crippen LogP contribution is -2.59. The number of hydrogen-bond donors (Lipinski definition) is 4. The summed E-state index contributed by atoms with van der Waals surface area (Å²) in [5.74, 6) is -4.99. The van der Waals surface area contributed by atoms with Crippen molar-refractivity contribution in [2.45, 2.75) is 32.2 Å². The van der Waals surface area contributed by atoms with E-state index in [1.165, 1.54) is 12.3 Å². The van der Waals surface area contributed by atoms with Crippen molar-refractivity contribution in [3.63, 3.8) is 0 Å². The van der Waals surface area contributed by atoms with Crippen LogP contribution in [0.2, 0.25) is 0 Å². The number of benzene rings is 1. The third-order valence-corrected chi connectivity index (χ3v) is 5.06. The smallest absolute Gasteiger partial charge is 0.275 e. The fourth-order valence-corrected chi connectivity index (χ4v) is 3.35. The topological polar surface area (TPSA) is 128 Å². The number of carbonyl (C=O) groups excluding carboxylic acids is 2. The summed E-state index contributed by atoms with van der Waals surface area (Å²) in [6, 6.07) is 4.58. The molecule has 1 aliphatic rings. The number of fused-ring (bicyclic) bond motifs is 1. The van der Waals surface area contributed by atoms with E-state index in [9.17, 15) is 23.6 Å². The number of hydroxylamine groups is 1. The molecule has 8 nitrogen and oxygen atoms in total. The molecule has 1 aromatic carbocycles. The molecule has 0 radical (unpaired) electrons. The van der Waals surface area contributed by atoms with Crippen LogP contribution >= 0.6 is 0 Å². The number of aromatic nitrogens is 1. The second-order valence-electron chi connectivity index (χ2n) is 7.24. The molecule has 2 aromatic rings. The van der Waals surface area contributed by atoms with Crippen LogP contribution in [0.3, 0.4) is 0 Å². The van der Waals surface area contributed by atoms with Gasteiger partial charge in [0.15, 0.2) is 5.82 Å². The van der Waals surface area contributed by atoms with Crippen LogP contribution in [0, 0.1) is 17.6 Å². The number of hydrogen-bond acceptors (Lipinski definition) is 5. The van der Waals surface area contributed by atoms with E-state index in [0.717, 1.165) is 24.5 Å². The van der Waals surface area contributed by atoms with Gasteiger partial charge in [-0.15, -0.1) is 0 Å². The summed E-state index contributed by atoms with van der Waals surface area (Å²) in [5, 5.41) is 27.9. The van der Waals surface area contributed by atoms with E-state index in [1.54, 1.807) is 6.07 Å². The molecule has 3 rings (SSSR count). The SMILES string of the molecule is [NH2+]=C1c2cc(CCCCCO)cnc2N(O)C(=O)C1C(=O)NCc1ccc(F)cc1F. The molecule has 5 N–H and O–H groups in total. The van der Waals surface area contributed by atoms with Crippen LogP contribution in [0.25, 0.3) is 0 Å². The maximum atomic E-state index is 13.8. The summed E-state index contributed by atoms with van der Waals surface area (Å²) >= 11 is 0. The zero-order chi connectivity index (χ0) is 22.5. The van der Waals surface area contributed by atoms with Crippen molar-refractivity contribution in [3.05, 3.63) is 58.8 Å². The number of rotatable bonds is 8. The minimum atomic E-state index is -1.52. The number of unbranched alkanes of at least 4 members (excludes halogenated alkanes) is 2. The first kappa shape index (κ1) is 22.4. The van der Waals surface area contributed by atoms with E-state index < -0.39 is 29.4 Å². The van der Waals surface area contributed by atoms with E-state index in [0.29, 0.717) is 18.9 Å². The average Bonchev–Trinajstić information content (AvgIpc) is 2.74. The average molecular weight is 433 g/mol. The Bertz CT molecular complexity index is 1010. The molecule has 2 heterocycles. The summed E-state index contributed by atoms with van der Waals surface area (Å²) < 4.78 is 26.8. The van der Waals surface area contributed by atoms with E-state index >= 15 is 0 Å². The molecule has 0 fully saturated rings. The predicted molar refractivity (Wildman–Crippen MR) is 106 cm³/mol. The molecule has 0 bridgehead atoms. The van der Waals surface area contributed by atoms with Gasteiger partial charge in [0.1, 0.15) is 11.6 Å². The van der Waals surface area contributed by atoms with Gasteiger partial charge >= 0.3 is 0 Å². The molecule has 1 aromatic heterocycles. The van der Waals surface area contributed by atoms with Crippen molar-refractivity contribution in [1.29, 1.82) is 0 Å². The number of carbonyl (C=O) groups is 2. The molecule has 10 heteroatoms. The third kappa shape index (κ3) is 4.92. The Labute approximate surface area is 177 Å². The summed E-state index contributed by atoms with van der Waals surface area (Å²) in [4.78, 5) is 29.3. The summed E-state index contributed by atoms with van der Waals surface area (Å²) in [6.45, 7) is -0.174. The second kappa shape index (κ2) is 9.71. The first-order chi connectivity index (χ1) is 14.8. The summed E-state index contributed by atoms with van der Waals surface area (Å²) in [6.07, 6.45) is 4.47. The standard InChI is InChI=1S/C21H22F2N4O4/c22-14-6-5-13(16(23)9-14)11-26-20(29)17-18(24)15-8-12(4-2-1-3-7-28)10-25-19(15)27(31)21(17)30/h5-6,8-10,17,24,28,31H,1-4,7,11H2,(H,26,29)/p+1. The quantitative estimate of drug-likeness (QED) is 0.270. The number of aliphatic hydroxyl groups is 1. The first-order valence-corrected chi connectivity index (χ1v) is 9.80. The number of anilines is 1. The number of aliphatic hydroxyl groups excluding tert-OH is 1. The highest BCUT2D eigenvalue weighted by Gasteiger charge is 2.45. The predicted octanol–water partition coefficient (Wildman–Crippen LogP) is 0.281. The number of halogens is 2. The van der Waals surface area contributed by atoms with Crippen LogP contribution in [0.4, 0.5) is 14.6 Å². The normalized spacial score (nSPS) is 15.7. The molecule has 0 saturated carbocycles. The van der Waals surface area contributed by atoms with Crippen molar-refractivity contribution >= 4 is 23.3 Å². The Balaban J connectivity index is 1.76. The maximum absolute atomic E-state index is 13.8. The van der Waals surface area contributed by atoms with Crippen molar-refractivity contribution in [2.75, 3.05) is 11.7 Å². The van der Waals surface area contributed by atoms with Gasteiger partial charge in [0.25, 0.3) is 5.91 Å². The molecular weight excluding hydrogens is 410 g/mol. The highest BCUT2D eigenvalue weighted by Crippen LogP contribution is 2.28. The maximum Gasteiger partial charge on any atom is 0.275 e. The van der Waals surface area contributed by atoms with E-state index in [1.807, 2.05) is 0 Å².